The lowest BCUT2D eigenvalue weighted by Crippen LogP contribution is -2.43. The van der Waals surface area contributed by atoms with E-state index in [1.165, 1.54) is 0 Å². The van der Waals surface area contributed by atoms with Crippen LogP contribution in [0.2, 0.25) is 10.0 Å². The number of benzene rings is 4. The highest BCUT2D eigenvalue weighted by Crippen LogP contribution is 2.46. The van der Waals surface area contributed by atoms with Gasteiger partial charge in [-0.1, -0.05) is 59.6 Å². The second-order valence-corrected chi connectivity index (χ2v) is 17.3. The molecule has 13 heteroatoms. The van der Waals surface area contributed by atoms with Crippen molar-refractivity contribution in [2.75, 3.05) is 31.8 Å². The van der Waals surface area contributed by atoms with Gasteiger partial charge in [-0.05, 0) is 119 Å². The van der Waals surface area contributed by atoms with Crippen LogP contribution < -0.4 is 9.64 Å². The van der Waals surface area contributed by atoms with Crippen LogP contribution in [0.25, 0.3) is 32.9 Å². The smallest absolute Gasteiger partial charge is 0.352 e. The molecule has 1 aliphatic heterocycles. The number of anilines is 1. The lowest BCUT2D eigenvalue weighted by Gasteiger charge is -2.35. The summed E-state index contributed by atoms with van der Waals surface area (Å²) in [5.41, 5.74) is 10.6. The molecule has 0 unspecified atom stereocenters. The quantitative estimate of drug-likeness (QED) is 0.101. The number of methoxy groups -OCH3 is 1. The minimum Gasteiger partial charge on any atom is -0.494 e. The molecule has 0 saturated heterocycles. The number of ether oxygens (including phenoxy) is 3. The van der Waals surface area contributed by atoms with Gasteiger partial charge in [0.1, 0.15) is 23.7 Å². The monoisotopic (exact) mass is 887 g/mol. The van der Waals surface area contributed by atoms with Gasteiger partial charge in [-0.2, -0.15) is 0 Å². The van der Waals surface area contributed by atoms with E-state index in [-0.39, 0.29) is 24.2 Å². The Morgan fingerprint density at radius 3 is 2.27 bits per heavy atom. The summed E-state index contributed by atoms with van der Waals surface area (Å²) in [7, 11) is 1.58. The molecule has 1 N–H and O–H groups in total. The average Bonchev–Trinajstić information content (AvgIpc) is 3.79. The molecule has 1 aliphatic rings. The molecular weight excluding hydrogens is 837 g/mol. The number of carbonyl (C=O) groups excluding carboxylic acids is 1. The number of hydrogen-bond acceptors (Lipinski definition) is 7. The summed E-state index contributed by atoms with van der Waals surface area (Å²) in [4.78, 5) is 39.7. The fourth-order valence-electron chi connectivity index (χ4n) is 9.18. The molecule has 1 atom stereocenters. The molecule has 0 radical (unpaired) electrons. The van der Waals surface area contributed by atoms with Gasteiger partial charge in [0.25, 0.3) is 5.91 Å². The van der Waals surface area contributed by atoms with Crippen molar-refractivity contribution in [3.05, 3.63) is 139 Å². The van der Waals surface area contributed by atoms with Crippen LogP contribution in [0.5, 0.6) is 5.75 Å². The van der Waals surface area contributed by atoms with E-state index in [4.69, 9.17) is 47.4 Å². The van der Waals surface area contributed by atoms with Gasteiger partial charge in [0.2, 0.25) is 0 Å². The fourth-order valence-corrected chi connectivity index (χ4v) is 9.54. The third-order valence-corrected chi connectivity index (χ3v) is 12.8. The molecule has 326 valence electrons. The Morgan fingerprint density at radius 1 is 0.873 bits per heavy atom. The maximum Gasteiger partial charge on any atom is 0.352 e. The summed E-state index contributed by atoms with van der Waals surface area (Å²) in [6, 6.07) is 23.2. The van der Waals surface area contributed by atoms with Crippen LogP contribution in [0.1, 0.15) is 85.4 Å². The van der Waals surface area contributed by atoms with Gasteiger partial charge >= 0.3 is 5.97 Å². The van der Waals surface area contributed by atoms with E-state index in [1.54, 1.807) is 17.7 Å². The Bertz CT molecular complexity index is 2860. The second kappa shape index (κ2) is 18.2. The molecule has 8 rings (SSSR count). The van der Waals surface area contributed by atoms with E-state index in [9.17, 15) is 9.90 Å². The van der Waals surface area contributed by atoms with Crippen LogP contribution in [0.3, 0.4) is 0 Å². The minimum atomic E-state index is -1.05. The van der Waals surface area contributed by atoms with Crippen LogP contribution in [0.15, 0.2) is 72.8 Å². The van der Waals surface area contributed by atoms with Gasteiger partial charge in [0.05, 0.1) is 41.6 Å². The molecule has 11 nitrogen and oxygen atoms in total. The van der Waals surface area contributed by atoms with E-state index >= 15 is 4.79 Å². The van der Waals surface area contributed by atoms with Gasteiger partial charge in [-0.15, -0.1) is 0 Å². The third-order valence-electron chi connectivity index (χ3n) is 11.9. The van der Waals surface area contributed by atoms with Crippen molar-refractivity contribution in [1.82, 2.24) is 19.1 Å². The zero-order chi connectivity index (χ0) is 44.7. The van der Waals surface area contributed by atoms with Crippen LogP contribution in [0, 0.1) is 34.6 Å². The van der Waals surface area contributed by atoms with Gasteiger partial charge in [0, 0.05) is 64.6 Å². The molecule has 0 spiro atoms. The Labute approximate surface area is 377 Å². The summed E-state index contributed by atoms with van der Waals surface area (Å²) in [6.45, 7) is 13.9. The van der Waals surface area contributed by atoms with Crippen molar-refractivity contribution in [2.45, 2.75) is 80.2 Å². The normalized spacial score (nSPS) is 14.0. The number of aromatic nitrogens is 4. The number of amides is 1. The van der Waals surface area contributed by atoms with Gasteiger partial charge < -0.3 is 33.4 Å². The first kappa shape index (κ1) is 43.9. The molecule has 4 aromatic carbocycles. The Hall–Kier alpha value is -5.72. The number of fused-ring (bicyclic) bond motifs is 4. The summed E-state index contributed by atoms with van der Waals surface area (Å²) < 4.78 is 21.6. The molecule has 0 bridgehead atoms. The SMILES string of the molecule is COCCn1c(C(=O)O)cc2cc(C)cc(N3C[C@@H](C)n4c(c(CCCOc5cc(C)c(Cl)c(C)c5)c5ccc(Cl)c(-c6c(C)nc(COCc7ccccc7)nc6C)c54)C3=O)c21. The first-order valence-electron chi connectivity index (χ1n) is 21.2. The number of halogens is 2. The van der Waals surface area contributed by atoms with Crippen molar-refractivity contribution >= 4 is 62.6 Å². The zero-order valence-electron chi connectivity index (χ0n) is 36.6. The predicted molar refractivity (Wildman–Crippen MR) is 249 cm³/mol. The number of carbonyl (C=O) groups is 2. The van der Waals surface area contributed by atoms with Crippen LogP contribution in [-0.4, -0.2) is 63.0 Å². The molecular formula is C50H51Cl2N5O6. The van der Waals surface area contributed by atoms with Gasteiger partial charge in [0.15, 0.2) is 5.82 Å². The number of carboxylic acids is 1. The number of carboxylic acid groups (broad SMARTS) is 1. The lowest BCUT2D eigenvalue weighted by atomic mass is 9.97. The van der Waals surface area contributed by atoms with E-state index in [2.05, 4.69) is 11.5 Å². The Kier molecular flexibility index (Phi) is 12.7. The maximum atomic E-state index is 15.5. The fraction of sp³-hybridized carbons (Fsp3) is 0.320. The average molecular weight is 889 g/mol. The summed E-state index contributed by atoms with van der Waals surface area (Å²) in [5.74, 6) is 0.0696. The van der Waals surface area contributed by atoms with Gasteiger partial charge in [-0.25, -0.2) is 14.8 Å². The van der Waals surface area contributed by atoms with Crippen molar-refractivity contribution in [2.24, 2.45) is 0 Å². The van der Waals surface area contributed by atoms with Crippen molar-refractivity contribution in [3.8, 4) is 16.9 Å². The summed E-state index contributed by atoms with van der Waals surface area (Å²) in [5, 5.41) is 13.2. The zero-order valence-corrected chi connectivity index (χ0v) is 38.2. The number of nitrogens with zero attached hydrogens (tertiary/aromatic N) is 5. The van der Waals surface area contributed by atoms with E-state index in [1.807, 2.05) is 106 Å². The van der Waals surface area contributed by atoms with Crippen LogP contribution >= 0.6 is 23.2 Å². The standard InChI is InChI=1S/C50H51Cl2N5O6/c1-28-20-35-24-41(50(59)60)55(17-19-61-7)46(35)40(21-28)56-25-31(4)57-47-38(37(48(57)49(56)58)14-11-18-63-36-22-29(2)45(52)30(3)23-36)15-16-39(51)44(47)43-32(5)53-42(54-33(43)6)27-62-26-34-12-9-8-10-13-34/h8-10,12-13,15-16,20-24,31H,11,14,17-19,25-27H2,1-7H3,(H,59,60)/t31-/m1/s1. The van der Waals surface area contributed by atoms with Crippen molar-refractivity contribution < 1.29 is 28.9 Å². The van der Waals surface area contributed by atoms with Crippen molar-refractivity contribution in [3.63, 3.8) is 0 Å². The Morgan fingerprint density at radius 2 is 1.59 bits per heavy atom. The molecule has 0 aliphatic carbocycles. The molecule has 63 heavy (non-hydrogen) atoms. The van der Waals surface area contributed by atoms with E-state index in [0.29, 0.717) is 73.5 Å². The first-order chi connectivity index (χ1) is 30.3. The number of aromatic carboxylic acids is 1. The first-order valence-corrected chi connectivity index (χ1v) is 21.9. The number of rotatable bonds is 15. The summed E-state index contributed by atoms with van der Waals surface area (Å²) >= 11 is 13.7. The molecule has 0 saturated carbocycles. The van der Waals surface area contributed by atoms with Crippen LogP contribution in [-0.2, 0) is 35.7 Å². The lowest BCUT2D eigenvalue weighted by molar-refractivity contribution is 0.0683. The number of hydrogen-bond donors (Lipinski definition) is 1. The minimum absolute atomic E-state index is 0.133. The summed E-state index contributed by atoms with van der Waals surface area (Å²) in [6.07, 6.45) is 1.14. The largest absolute Gasteiger partial charge is 0.494 e. The second-order valence-electron chi connectivity index (χ2n) is 16.5. The Balaban J connectivity index is 1.25. The van der Waals surface area contributed by atoms with Gasteiger partial charge in [-0.3, -0.25) is 4.79 Å². The third kappa shape index (κ3) is 8.43. The molecule has 3 aromatic heterocycles. The van der Waals surface area contributed by atoms with Crippen molar-refractivity contribution in [1.29, 1.82) is 0 Å². The highest BCUT2D eigenvalue weighted by atomic mass is 35.5. The predicted octanol–water partition coefficient (Wildman–Crippen LogP) is 11.2. The maximum absolute atomic E-state index is 15.5. The number of aryl methyl sites for hydroxylation is 6. The highest BCUT2D eigenvalue weighted by molar-refractivity contribution is 6.35. The molecule has 1 amide bonds. The van der Waals surface area contributed by atoms with E-state index < -0.39 is 5.97 Å². The highest BCUT2D eigenvalue weighted by Gasteiger charge is 2.38. The molecule has 4 heterocycles. The molecule has 7 aromatic rings. The molecule has 0 fully saturated rings. The van der Waals surface area contributed by atoms with Crippen LogP contribution in [0.4, 0.5) is 5.69 Å². The van der Waals surface area contributed by atoms with E-state index in [0.717, 1.165) is 77.4 Å². The topological polar surface area (TPSA) is 121 Å².